The van der Waals surface area contributed by atoms with Crippen LogP contribution in [0.3, 0.4) is 0 Å². The SMILES string of the molecule is Cc1cnc2c(N3CCOCC3)nc(-n3ccc(-c4ccccc4)n3)nc2c1. The van der Waals surface area contributed by atoms with Gasteiger partial charge in [-0.3, -0.25) is 4.98 Å². The van der Waals surface area contributed by atoms with Crippen molar-refractivity contribution < 1.29 is 4.74 Å². The molecule has 1 aliphatic heterocycles. The molecular formula is C21H20N6O. The van der Waals surface area contributed by atoms with Crippen LogP contribution in [0.5, 0.6) is 0 Å². The number of fused-ring (bicyclic) bond motifs is 1. The fourth-order valence-electron chi connectivity index (χ4n) is 3.39. The van der Waals surface area contributed by atoms with Crippen LogP contribution in [-0.4, -0.2) is 51.0 Å². The first kappa shape index (κ1) is 16.8. The van der Waals surface area contributed by atoms with E-state index in [9.17, 15) is 0 Å². The van der Waals surface area contributed by atoms with Gasteiger partial charge in [0.2, 0.25) is 0 Å². The molecule has 0 unspecified atom stereocenters. The van der Waals surface area contributed by atoms with Crippen molar-refractivity contribution in [1.29, 1.82) is 0 Å². The highest BCUT2D eigenvalue weighted by Gasteiger charge is 2.19. The molecule has 1 aromatic carbocycles. The van der Waals surface area contributed by atoms with Crippen molar-refractivity contribution in [3.05, 3.63) is 60.4 Å². The molecule has 140 valence electrons. The Hall–Kier alpha value is -3.32. The topological polar surface area (TPSA) is 69.0 Å². The maximum atomic E-state index is 5.50. The molecule has 0 saturated carbocycles. The Morgan fingerprint density at radius 2 is 1.82 bits per heavy atom. The minimum absolute atomic E-state index is 0.545. The van der Waals surface area contributed by atoms with Crippen LogP contribution in [0.2, 0.25) is 0 Å². The van der Waals surface area contributed by atoms with Crippen molar-refractivity contribution >= 4 is 16.9 Å². The van der Waals surface area contributed by atoms with Crippen LogP contribution < -0.4 is 4.90 Å². The lowest BCUT2D eigenvalue weighted by molar-refractivity contribution is 0.122. The third-order valence-electron chi connectivity index (χ3n) is 4.82. The minimum atomic E-state index is 0.545. The molecule has 0 atom stereocenters. The fourth-order valence-corrected chi connectivity index (χ4v) is 3.39. The summed E-state index contributed by atoms with van der Waals surface area (Å²) in [5.74, 6) is 1.38. The zero-order chi connectivity index (χ0) is 18.9. The van der Waals surface area contributed by atoms with Gasteiger partial charge in [-0.05, 0) is 24.6 Å². The monoisotopic (exact) mass is 372 g/mol. The van der Waals surface area contributed by atoms with Crippen LogP contribution in [0.25, 0.3) is 28.2 Å². The zero-order valence-electron chi connectivity index (χ0n) is 15.6. The largest absolute Gasteiger partial charge is 0.378 e. The molecule has 1 aliphatic rings. The number of ether oxygens (including phenoxy) is 1. The lowest BCUT2D eigenvalue weighted by Crippen LogP contribution is -2.37. The number of aromatic nitrogens is 5. The third-order valence-corrected chi connectivity index (χ3v) is 4.82. The highest BCUT2D eigenvalue weighted by Crippen LogP contribution is 2.25. The summed E-state index contributed by atoms with van der Waals surface area (Å²) < 4.78 is 7.23. The molecule has 4 aromatic rings. The Labute approximate surface area is 162 Å². The van der Waals surface area contributed by atoms with E-state index in [-0.39, 0.29) is 0 Å². The first-order valence-corrected chi connectivity index (χ1v) is 9.36. The number of hydrogen-bond donors (Lipinski definition) is 0. The molecule has 3 aromatic heterocycles. The van der Waals surface area contributed by atoms with E-state index in [0.717, 1.165) is 46.8 Å². The zero-order valence-corrected chi connectivity index (χ0v) is 15.6. The molecule has 0 spiro atoms. The van der Waals surface area contributed by atoms with Crippen LogP contribution in [0.4, 0.5) is 5.82 Å². The maximum Gasteiger partial charge on any atom is 0.253 e. The number of pyridine rings is 1. The summed E-state index contributed by atoms with van der Waals surface area (Å²) in [4.78, 5) is 16.4. The molecule has 7 nitrogen and oxygen atoms in total. The van der Waals surface area contributed by atoms with Gasteiger partial charge in [0.05, 0.1) is 24.4 Å². The number of morpholine rings is 1. The first-order chi connectivity index (χ1) is 13.8. The van der Waals surface area contributed by atoms with Gasteiger partial charge in [-0.1, -0.05) is 30.3 Å². The molecule has 5 rings (SSSR count). The summed E-state index contributed by atoms with van der Waals surface area (Å²) in [6.45, 7) is 4.97. The molecule has 7 heteroatoms. The third kappa shape index (κ3) is 3.10. The summed E-state index contributed by atoms with van der Waals surface area (Å²) in [5, 5.41) is 4.69. The molecule has 0 amide bonds. The first-order valence-electron chi connectivity index (χ1n) is 9.36. The second kappa shape index (κ2) is 7.01. The quantitative estimate of drug-likeness (QED) is 0.551. The van der Waals surface area contributed by atoms with Crippen LogP contribution >= 0.6 is 0 Å². The van der Waals surface area contributed by atoms with E-state index in [1.807, 2.05) is 61.8 Å². The Bertz CT molecular complexity index is 1120. The van der Waals surface area contributed by atoms with Gasteiger partial charge < -0.3 is 9.64 Å². The molecular weight excluding hydrogens is 352 g/mol. The Kier molecular flexibility index (Phi) is 4.21. The number of aryl methyl sites for hydroxylation is 1. The highest BCUT2D eigenvalue weighted by molar-refractivity contribution is 5.86. The van der Waals surface area contributed by atoms with Gasteiger partial charge in [-0.2, -0.15) is 10.1 Å². The van der Waals surface area contributed by atoms with Gasteiger partial charge in [0.1, 0.15) is 5.52 Å². The predicted octanol–water partition coefficient (Wildman–Crippen LogP) is 3.02. The normalized spacial score (nSPS) is 14.5. The van der Waals surface area contributed by atoms with Gasteiger partial charge in [0, 0.05) is 31.0 Å². The summed E-state index contributed by atoms with van der Waals surface area (Å²) in [6, 6.07) is 14.1. The molecule has 0 N–H and O–H groups in total. The predicted molar refractivity (Wildman–Crippen MR) is 108 cm³/mol. The van der Waals surface area contributed by atoms with E-state index >= 15 is 0 Å². The van der Waals surface area contributed by atoms with Crippen LogP contribution in [-0.2, 0) is 4.74 Å². The standard InChI is InChI=1S/C21H20N6O/c1-15-13-18-19(22-14-15)20(26-9-11-28-12-10-26)24-21(23-18)27-8-7-17(25-27)16-5-3-2-4-6-16/h2-8,13-14H,9-12H2,1H3. The summed E-state index contributed by atoms with van der Waals surface area (Å²) in [5.41, 5.74) is 4.65. The molecule has 1 saturated heterocycles. The van der Waals surface area contributed by atoms with Crippen LogP contribution in [0.1, 0.15) is 5.56 Å². The van der Waals surface area contributed by atoms with Crippen molar-refractivity contribution in [1.82, 2.24) is 24.7 Å². The average molecular weight is 372 g/mol. The van der Waals surface area contributed by atoms with Gasteiger partial charge >= 0.3 is 0 Å². The van der Waals surface area contributed by atoms with Gasteiger partial charge in [0.25, 0.3) is 5.95 Å². The van der Waals surface area contributed by atoms with Crippen molar-refractivity contribution in [2.24, 2.45) is 0 Å². The Balaban J connectivity index is 1.62. The summed E-state index contributed by atoms with van der Waals surface area (Å²) in [6.07, 6.45) is 3.76. The van der Waals surface area contributed by atoms with Crippen molar-refractivity contribution in [3.8, 4) is 17.2 Å². The summed E-state index contributed by atoms with van der Waals surface area (Å²) in [7, 11) is 0. The number of hydrogen-bond acceptors (Lipinski definition) is 6. The number of rotatable bonds is 3. The molecule has 1 fully saturated rings. The second-order valence-electron chi connectivity index (χ2n) is 6.84. The van der Waals surface area contributed by atoms with Crippen LogP contribution in [0, 0.1) is 6.92 Å². The lowest BCUT2D eigenvalue weighted by Gasteiger charge is -2.28. The fraction of sp³-hybridized carbons (Fsp3) is 0.238. The van der Waals surface area contributed by atoms with E-state index in [0.29, 0.717) is 19.2 Å². The lowest BCUT2D eigenvalue weighted by atomic mass is 10.2. The van der Waals surface area contributed by atoms with E-state index in [4.69, 9.17) is 19.8 Å². The van der Waals surface area contributed by atoms with Gasteiger partial charge in [0.15, 0.2) is 5.82 Å². The van der Waals surface area contributed by atoms with Gasteiger partial charge in [-0.25, -0.2) is 9.67 Å². The van der Waals surface area contributed by atoms with Crippen molar-refractivity contribution in [2.75, 3.05) is 31.2 Å². The van der Waals surface area contributed by atoms with Gasteiger partial charge in [-0.15, -0.1) is 0 Å². The van der Waals surface area contributed by atoms with E-state index in [1.165, 1.54) is 0 Å². The molecule has 4 heterocycles. The summed E-state index contributed by atoms with van der Waals surface area (Å²) >= 11 is 0. The van der Waals surface area contributed by atoms with Crippen molar-refractivity contribution in [3.63, 3.8) is 0 Å². The smallest absolute Gasteiger partial charge is 0.253 e. The Morgan fingerprint density at radius 1 is 1.00 bits per heavy atom. The minimum Gasteiger partial charge on any atom is -0.378 e. The van der Waals surface area contributed by atoms with Crippen LogP contribution in [0.15, 0.2) is 54.9 Å². The van der Waals surface area contributed by atoms with E-state index in [2.05, 4.69) is 9.88 Å². The molecule has 0 aliphatic carbocycles. The second-order valence-corrected chi connectivity index (χ2v) is 6.84. The average Bonchev–Trinajstić information content (AvgIpc) is 3.24. The number of benzene rings is 1. The maximum absolute atomic E-state index is 5.50. The Morgan fingerprint density at radius 3 is 2.64 bits per heavy atom. The highest BCUT2D eigenvalue weighted by atomic mass is 16.5. The van der Waals surface area contributed by atoms with Crippen molar-refractivity contribution in [2.45, 2.75) is 6.92 Å². The number of nitrogens with zero attached hydrogens (tertiary/aromatic N) is 6. The van der Waals surface area contributed by atoms with E-state index in [1.54, 1.807) is 4.68 Å². The molecule has 0 radical (unpaired) electrons. The van der Waals surface area contributed by atoms with E-state index < -0.39 is 0 Å². The molecule has 0 bridgehead atoms. The number of anilines is 1. The molecule has 28 heavy (non-hydrogen) atoms.